The van der Waals surface area contributed by atoms with E-state index >= 15 is 0 Å². The summed E-state index contributed by atoms with van der Waals surface area (Å²) in [4.78, 5) is 31.0. The van der Waals surface area contributed by atoms with E-state index in [1.807, 2.05) is 0 Å². The zero-order chi connectivity index (χ0) is 15.6. The van der Waals surface area contributed by atoms with E-state index < -0.39 is 23.7 Å². The Bertz CT molecular complexity index is 559. The Hall–Kier alpha value is -2.39. The van der Waals surface area contributed by atoms with Gasteiger partial charge in [-0.3, -0.25) is 14.9 Å². The highest BCUT2D eigenvalue weighted by molar-refractivity contribution is 6.02. The maximum atomic E-state index is 12.8. The molecule has 0 atom stereocenters. The average molecular weight is 303 g/mol. The van der Waals surface area contributed by atoms with Crippen LogP contribution in [0.5, 0.6) is 0 Å². The summed E-state index contributed by atoms with van der Waals surface area (Å²) in [5.41, 5.74) is -1.14. The fourth-order valence-electron chi connectivity index (χ4n) is 1.78. The molecule has 2 heterocycles. The molecule has 2 N–H and O–H groups in total. The summed E-state index contributed by atoms with van der Waals surface area (Å²) >= 11 is 0. The molecule has 1 aliphatic rings. The van der Waals surface area contributed by atoms with Crippen molar-refractivity contribution in [3.05, 3.63) is 11.8 Å². The molecule has 0 unspecified atom stereocenters. The lowest BCUT2D eigenvalue weighted by Gasteiger charge is -2.27. The third kappa shape index (κ3) is 3.58. The number of nitrogens with zero attached hydrogens (tertiary/aromatic N) is 3. The van der Waals surface area contributed by atoms with Crippen molar-refractivity contribution in [2.75, 3.05) is 29.9 Å². The predicted molar refractivity (Wildman–Crippen MR) is 66.6 cm³/mol. The summed E-state index contributed by atoms with van der Waals surface area (Å²) in [6, 6.07) is 0.715. The summed E-state index contributed by atoms with van der Waals surface area (Å²) < 4.78 is 38.5. The second-order valence-corrected chi connectivity index (χ2v) is 4.29. The fourth-order valence-corrected chi connectivity index (χ4v) is 1.78. The highest BCUT2D eigenvalue weighted by atomic mass is 19.4. The number of carbonyl (C=O) groups is 2. The maximum Gasteiger partial charge on any atom is 0.433 e. The first kappa shape index (κ1) is 15.0. The first-order valence-corrected chi connectivity index (χ1v) is 6.07. The van der Waals surface area contributed by atoms with Gasteiger partial charge in [-0.1, -0.05) is 0 Å². The molecule has 7 nitrogen and oxygen atoms in total. The van der Waals surface area contributed by atoms with Crippen LogP contribution in [0.1, 0.15) is 12.6 Å². The normalized spacial score (nSPS) is 15.9. The number of halogens is 3. The van der Waals surface area contributed by atoms with Crippen LogP contribution in [0.15, 0.2) is 6.07 Å². The molecule has 0 saturated carbocycles. The van der Waals surface area contributed by atoms with Gasteiger partial charge in [-0.25, -0.2) is 4.98 Å². The number of alkyl halides is 3. The molecule has 2 amide bonds. The molecule has 0 aliphatic carbocycles. The average Bonchev–Trinajstić information content (AvgIpc) is 2.36. The molecule has 1 aromatic heterocycles. The molecule has 10 heteroatoms. The van der Waals surface area contributed by atoms with E-state index in [2.05, 4.69) is 20.6 Å². The molecule has 114 valence electrons. The van der Waals surface area contributed by atoms with Crippen LogP contribution in [0.25, 0.3) is 0 Å². The van der Waals surface area contributed by atoms with Crippen LogP contribution in [0, 0.1) is 0 Å². The number of hydrogen-bond donors (Lipinski definition) is 2. The van der Waals surface area contributed by atoms with Crippen molar-refractivity contribution in [1.82, 2.24) is 15.3 Å². The van der Waals surface area contributed by atoms with E-state index in [1.165, 1.54) is 4.90 Å². The number of piperazine rings is 1. The van der Waals surface area contributed by atoms with Crippen LogP contribution in [0.2, 0.25) is 0 Å². The minimum Gasteiger partial charge on any atom is -0.354 e. The molecule has 0 aromatic carbocycles. The van der Waals surface area contributed by atoms with Crippen LogP contribution >= 0.6 is 0 Å². The van der Waals surface area contributed by atoms with E-state index in [9.17, 15) is 22.8 Å². The largest absolute Gasteiger partial charge is 0.433 e. The Morgan fingerprint density at radius 1 is 1.29 bits per heavy atom. The quantitative estimate of drug-likeness (QED) is 0.786. The SMILES string of the molecule is CCNc1nc(N2CC(=O)NC(=O)C2)cc(C(F)(F)F)n1. The van der Waals surface area contributed by atoms with Crippen LogP contribution in [0.4, 0.5) is 24.9 Å². The van der Waals surface area contributed by atoms with Crippen LogP contribution in [-0.2, 0) is 15.8 Å². The van der Waals surface area contributed by atoms with Crippen molar-refractivity contribution < 1.29 is 22.8 Å². The van der Waals surface area contributed by atoms with Gasteiger partial charge in [0, 0.05) is 12.6 Å². The Morgan fingerprint density at radius 3 is 2.43 bits per heavy atom. The van der Waals surface area contributed by atoms with Crippen molar-refractivity contribution in [3.63, 3.8) is 0 Å². The summed E-state index contributed by atoms with van der Waals surface area (Å²) in [7, 11) is 0. The molecule has 1 aromatic rings. The van der Waals surface area contributed by atoms with Gasteiger partial charge in [-0.2, -0.15) is 18.2 Å². The lowest BCUT2D eigenvalue weighted by atomic mass is 10.3. The van der Waals surface area contributed by atoms with Crippen LogP contribution in [-0.4, -0.2) is 41.4 Å². The van der Waals surface area contributed by atoms with Gasteiger partial charge >= 0.3 is 6.18 Å². The first-order valence-electron chi connectivity index (χ1n) is 6.07. The fraction of sp³-hybridized carbons (Fsp3) is 0.455. The Kier molecular flexibility index (Phi) is 3.96. The smallest absolute Gasteiger partial charge is 0.354 e. The van der Waals surface area contributed by atoms with E-state index in [-0.39, 0.29) is 24.9 Å². The number of rotatable bonds is 3. The van der Waals surface area contributed by atoms with Crippen molar-refractivity contribution in [2.45, 2.75) is 13.1 Å². The summed E-state index contributed by atoms with van der Waals surface area (Å²) in [5.74, 6) is -1.52. The van der Waals surface area contributed by atoms with Crippen LogP contribution < -0.4 is 15.5 Å². The van der Waals surface area contributed by atoms with E-state index in [0.717, 1.165) is 0 Å². The number of carbonyl (C=O) groups excluding carboxylic acids is 2. The summed E-state index contributed by atoms with van der Waals surface area (Å²) in [5, 5.41) is 4.65. The van der Waals surface area contributed by atoms with Gasteiger partial charge < -0.3 is 10.2 Å². The molecule has 1 aliphatic heterocycles. The van der Waals surface area contributed by atoms with Crippen LogP contribution in [0.3, 0.4) is 0 Å². The molecule has 2 rings (SSSR count). The molecule has 21 heavy (non-hydrogen) atoms. The molecule has 0 radical (unpaired) electrons. The van der Waals surface area contributed by atoms with Crippen molar-refractivity contribution in [3.8, 4) is 0 Å². The lowest BCUT2D eigenvalue weighted by molar-refractivity contribution is -0.141. The zero-order valence-electron chi connectivity index (χ0n) is 11.0. The molecular weight excluding hydrogens is 291 g/mol. The van der Waals surface area contributed by atoms with Gasteiger partial charge in [0.25, 0.3) is 0 Å². The molecule has 1 saturated heterocycles. The Labute approximate surface area is 117 Å². The van der Waals surface area contributed by atoms with Gasteiger partial charge in [0.1, 0.15) is 5.82 Å². The Morgan fingerprint density at radius 2 is 1.90 bits per heavy atom. The number of imide groups is 1. The van der Waals surface area contributed by atoms with E-state index in [1.54, 1.807) is 6.92 Å². The number of aromatic nitrogens is 2. The number of nitrogens with one attached hydrogen (secondary N) is 2. The molecular formula is C11H12F3N5O2. The van der Waals surface area contributed by atoms with Crippen molar-refractivity contribution in [1.29, 1.82) is 0 Å². The first-order chi connectivity index (χ1) is 9.79. The minimum absolute atomic E-state index is 0.128. The maximum absolute atomic E-state index is 12.8. The monoisotopic (exact) mass is 303 g/mol. The number of amides is 2. The predicted octanol–water partition coefficient (Wildman–Crippen LogP) is 0.390. The highest BCUT2D eigenvalue weighted by Crippen LogP contribution is 2.30. The minimum atomic E-state index is -4.65. The summed E-state index contributed by atoms with van der Waals surface area (Å²) in [6.07, 6.45) is -4.65. The van der Waals surface area contributed by atoms with E-state index in [4.69, 9.17) is 0 Å². The van der Waals surface area contributed by atoms with Gasteiger partial charge in [-0.05, 0) is 6.92 Å². The lowest BCUT2D eigenvalue weighted by Crippen LogP contribution is -2.51. The van der Waals surface area contributed by atoms with Crippen molar-refractivity contribution >= 4 is 23.6 Å². The second-order valence-electron chi connectivity index (χ2n) is 4.29. The standard InChI is InChI=1S/C11H12F3N5O2/c1-2-15-10-16-6(11(12,13)14)3-7(17-10)19-4-8(20)18-9(21)5-19/h3H,2,4-5H2,1H3,(H,15,16,17)(H,18,20,21). The van der Waals surface area contributed by atoms with Crippen molar-refractivity contribution in [2.24, 2.45) is 0 Å². The summed E-state index contributed by atoms with van der Waals surface area (Å²) in [6.45, 7) is 1.53. The third-order valence-electron chi connectivity index (χ3n) is 2.61. The molecule has 1 fully saturated rings. The van der Waals surface area contributed by atoms with E-state index in [0.29, 0.717) is 12.6 Å². The second kappa shape index (κ2) is 5.54. The van der Waals surface area contributed by atoms with Gasteiger partial charge in [-0.15, -0.1) is 0 Å². The number of hydrogen-bond acceptors (Lipinski definition) is 6. The number of anilines is 2. The Balaban J connectivity index is 2.39. The molecule has 0 spiro atoms. The highest BCUT2D eigenvalue weighted by Gasteiger charge is 2.35. The third-order valence-corrected chi connectivity index (χ3v) is 2.61. The van der Waals surface area contributed by atoms with Gasteiger partial charge in [0.15, 0.2) is 5.69 Å². The molecule has 0 bridgehead atoms. The van der Waals surface area contributed by atoms with Gasteiger partial charge in [0.2, 0.25) is 17.8 Å². The topological polar surface area (TPSA) is 87.2 Å². The van der Waals surface area contributed by atoms with Gasteiger partial charge in [0.05, 0.1) is 13.1 Å². The zero-order valence-corrected chi connectivity index (χ0v) is 11.0.